The highest BCUT2D eigenvalue weighted by Gasteiger charge is 2.27. The molecule has 2 unspecified atom stereocenters. The van der Waals surface area contributed by atoms with E-state index in [1.165, 1.54) is 0 Å². The lowest BCUT2D eigenvalue weighted by molar-refractivity contribution is 0.0442. The molecule has 1 fully saturated rings. The van der Waals surface area contributed by atoms with Crippen LogP contribution in [0.15, 0.2) is 24.5 Å². The van der Waals surface area contributed by atoms with E-state index in [4.69, 9.17) is 9.72 Å². The molecule has 3 aromatic rings. The van der Waals surface area contributed by atoms with Crippen LogP contribution in [0.2, 0.25) is 0 Å². The number of imidazole rings is 1. The third-order valence-electron chi connectivity index (χ3n) is 5.62. The molecule has 9 nitrogen and oxygen atoms in total. The van der Waals surface area contributed by atoms with Gasteiger partial charge in [0.15, 0.2) is 0 Å². The lowest BCUT2D eigenvalue weighted by atomic mass is 9.97. The van der Waals surface area contributed by atoms with Crippen molar-refractivity contribution in [1.29, 1.82) is 0 Å². The van der Waals surface area contributed by atoms with Gasteiger partial charge in [0.25, 0.3) is 0 Å². The van der Waals surface area contributed by atoms with Gasteiger partial charge in [-0.3, -0.25) is 0 Å². The number of pyridine rings is 1. The molecule has 0 aromatic carbocycles. The van der Waals surface area contributed by atoms with Gasteiger partial charge >= 0.3 is 0 Å². The molecule has 0 aliphatic carbocycles. The molecule has 2 N–H and O–H groups in total. The highest BCUT2D eigenvalue weighted by Crippen LogP contribution is 2.26. The van der Waals surface area contributed by atoms with E-state index < -0.39 is 0 Å². The quantitative estimate of drug-likeness (QED) is 0.638. The number of nitrogens with zero attached hydrogens (tertiary/aromatic N) is 6. The number of anilines is 3. The van der Waals surface area contributed by atoms with Crippen molar-refractivity contribution in [2.45, 2.75) is 45.9 Å². The fourth-order valence-corrected chi connectivity index (χ4v) is 4.16. The number of methoxy groups -OCH3 is 1. The van der Waals surface area contributed by atoms with Gasteiger partial charge in [0.2, 0.25) is 5.95 Å². The minimum atomic E-state index is -0.108. The predicted molar refractivity (Wildman–Crippen MR) is 116 cm³/mol. The maximum Gasteiger partial charge on any atom is 0.227 e. The summed E-state index contributed by atoms with van der Waals surface area (Å²) in [6.07, 6.45) is 4.73. The standard InChI is InChI=1S/C21H29N7O2/c1-13(2)28-16-9-19(23-10-15(16)24-20(28)12-29)25-18-5-7-22-21(26-18)27-8-6-17(30-4)14(3)11-27/h5,7,9-10,13-14,17,29H,6,8,11-12H2,1-4H3,(H,22,23,25,26). The van der Waals surface area contributed by atoms with Crippen LogP contribution in [0.1, 0.15) is 39.1 Å². The summed E-state index contributed by atoms with van der Waals surface area (Å²) in [5.74, 6) is 3.12. The van der Waals surface area contributed by atoms with Gasteiger partial charge < -0.3 is 24.6 Å². The molecule has 1 aliphatic heterocycles. The Morgan fingerprint density at radius 1 is 1.27 bits per heavy atom. The Bertz CT molecular complexity index is 1020. The first-order chi connectivity index (χ1) is 14.5. The first kappa shape index (κ1) is 20.5. The molecule has 0 saturated carbocycles. The zero-order valence-electron chi connectivity index (χ0n) is 17.9. The number of rotatable bonds is 6. The average molecular weight is 412 g/mol. The van der Waals surface area contributed by atoms with Gasteiger partial charge in [-0.25, -0.2) is 15.0 Å². The number of piperidine rings is 1. The number of fused-ring (bicyclic) bond motifs is 1. The number of ether oxygens (including phenoxy) is 1. The van der Waals surface area contributed by atoms with Crippen LogP contribution in [0, 0.1) is 5.92 Å². The van der Waals surface area contributed by atoms with E-state index in [9.17, 15) is 5.11 Å². The maximum absolute atomic E-state index is 9.63. The molecule has 0 amide bonds. The monoisotopic (exact) mass is 411 g/mol. The number of hydrogen-bond acceptors (Lipinski definition) is 8. The Hall–Kier alpha value is -2.78. The summed E-state index contributed by atoms with van der Waals surface area (Å²) in [5, 5.41) is 12.9. The van der Waals surface area contributed by atoms with Crippen molar-refractivity contribution in [2.24, 2.45) is 5.92 Å². The molecule has 4 rings (SSSR count). The summed E-state index contributed by atoms with van der Waals surface area (Å²) in [5.41, 5.74) is 1.69. The predicted octanol–water partition coefficient (Wildman–Crippen LogP) is 2.90. The van der Waals surface area contributed by atoms with Crippen LogP contribution in [-0.4, -0.2) is 55.9 Å². The second kappa shape index (κ2) is 8.53. The van der Waals surface area contributed by atoms with Crippen LogP contribution in [0.5, 0.6) is 0 Å². The van der Waals surface area contributed by atoms with Gasteiger partial charge in [-0.15, -0.1) is 0 Å². The van der Waals surface area contributed by atoms with Crippen molar-refractivity contribution in [3.63, 3.8) is 0 Å². The molecule has 4 heterocycles. The van der Waals surface area contributed by atoms with E-state index in [0.29, 0.717) is 29.3 Å². The van der Waals surface area contributed by atoms with Gasteiger partial charge in [0, 0.05) is 38.5 Å². The van der Waals surface area contributed by atoms with E-state index >= 15 is 0 Å². The van der Waals surface area contributed by atoms with E-state index in [0.717, 1.165) is 30.5 Å². The van der Waals surface area contributed by atoms with E-state index in [-0.39, 0.29) is 18.8 Å². The normalized spacial score (nSPS) is 19.6. The largest absolute Gasteiger partial charge is 0.388 e. The summed E-state index contributed by atoms with van der Waals surface area (Å²) in [6.45, 7) is 7.96. The Balaban J connectivity index is 1.57. The van der Waals surface area contributed by atoms with Crippen molar-refractivity contribution in [3.8, 4) is 0 Å². The summed E-state index contributed by atoms with van der Waals surface area (Å²) in [4.78, 5) is 20.3. The molecule has 30 heavy (non-hydrogen) atoms. The van der Waals surface area contributed by atoms with E-state index in [2.05, 4.69) is 45.9 Å². The molecule has 9 heteroatoms. The number of aliphatic hydroxyl groups excluding tert-OH is 1. The SMILES string of the molecule is COC1CCN(c2nccc(Nc3cc4c(cn3)nc(CO)n4C(C)C)n2)CC1C. The molecule has 1 aliphatic rings. The highest BCUT2D eigenvalue weighted by atomic mass is 16.5. The van der Waals surface area contributed by atoms with E-state index in [1.54, 1.807) is 19.5 Å². The Kier molecular flexibility index (Phi) is 5.83. The van der Waals surface area contributed by atoms with Crippen molar-refractivity contribution in [2.75, 3.05) is 30.4 Å². The molecular weight excluding hydrogens is 382 g/mol. The van der Waals surface area contributed by atoms with Gasteiger partial charge in [-0.05, 0) is 32.3 Å². The van der Waals surface area contributed by atoms with Crippen LogP contribution in [0.3, 0.4) is 0 Å². The fourth-order valence-electron chi connectivity index (χ4n) is 4.16. The van der Waals surface area contributed by atoms with Crippen LogP contribution >= 0.6 is 0 Å². The van der Waals surface area contributed by atoms with E-state index in [1.807, 2.05) is 16.7 Å². The fraction of sp³-hybridized carbons (Fsp3) is 0.524. The number of aliphatic hydroxyl groups is 1. The second-order valence-corrected chi connectivity index (χ2v) is 8.06. The summed E-state index contributed by atoms with van der Waals surface area (Å²) < 4.78 is 7.57. The van der Waals surface area contributed by atoms with Crippen LogP contribution in [0.25, 0.3) is 11.0 Å². The molecule has 3 aromatic heterocycles. The highest BCUT2D eigenvalue weighted by molar-refractivity contribution is 5.79. The zero-order valence-corrected chi connectivity index (χ0v) is 17.9. The Morgan fingerprint density at radius 2 is 2.10 bits per heavy atom. The first-order valence-corrected chi connectivity index (χ1v) is 10.4. The third kappa shape index (κ3) is 3.95. The summed E-state index contributed by atoms with van der Waals surface area (Å²) in [6, 6.07) is 3.95. The molecule has 0 radical (unpaired) electrons. The van der Waals surface area contributed by atoms with Crippen LogP contribution < -0.4 is 10.2 Å². The minimum Gasteiger partial charge on any atom is -0.388 e. The third-order valence-corrected chi connectivity index (χ3v) is 5.62. The van der Waals surface area contributed by atoms with Crippen LogP contribution in [0.4, 0.5) is 17.6 Å². The second-order valence-electron chi connectivity index (χ2n) is 8.06. The van der Waals surface area contributed by atoms with Crippen molar-refractivity contribution in [1.82, 2.24) is 24.5 Å². The van der Waals surface area contributed by atoms with Gasteiger partial charge in [0.1, 0.15) is 29.6 Å². The Morgan fingerprint density at radius 3 is 2.80 bits per heavy atom. The first-order valence-electron chi connectivity index (χ1n) is 10.4. The maximum atomic E-state index is 9.63. The molecule has 0 bridgehead atoms. The Labute approximate surface area is 176 Å². The summed E-state index contributed by atoms with van der Waals surface area (Å²) >= 11 is 0. The smallest absolute Gasteiger partial charge is 0.227 e. The van der Waals surface area contributed by atoms with Gasteiger partial charge in [-0.1, -0.05) is 6.92 Å². The molecule has 1 saturated heterocycles. The zero-order chi connectivity index (χ0) is 21.3. The van der Waals surface area contributed by atoms with Crippen molar-refractivity contribution >= 4 is 28.6 Å². The molecule has 2 atom stereocenters. The summed E-state index contributed by atoms with van der Waals surface area (Å²) in [7, 11) is 1.77. The topological polar surface area (TPSA) is 101 Å². The lowest BCUT2D eigenvalue weighted by Crippen LogP contribution is -2.43. The van der Waals surface area contributed by atoms with Gasteiger partial charge in [-0.2, -0.15) is 4.98 Å². The number of hydrogen-bond donors (Lipinski definition) is 2. The molecule has 160 valence electrons. The average Bonchev–Trinajstić information content (AvgIpc) is 3.12. The van der Waals surface area contributed by atoms with Crippen LogP contribution in [-0.2, 0) is 11.3 Å². The van der Waals surface area contributed by atoms with Gasteiger partial charge in [0.05, 0.1) is 17.8 Å². The number of aromatic nitrogens is 5. The molecule has 0 spiro atoms. The van der Waals surface area contributed by atoms with Crippen molar-refractivity contribution < 1.29 is 9.84 Å². The lowest BCUT2D eigenvalue weighted by Gasteiger charge is -2.36. The molecular formula is C21H29N7O2. The van der Waals surface area contributed by atoms with Crippen molar-refractivity contribution in [3.05, 3.63) is 30.4 Å². The number of nitrogens with one attached hydrogen (secondary N) is 1. The minimum absolute atomic E-state index is 0.108.